The summed E-state index contributed by atoms with van der Waals surface area (Å²) in [6.07, 6.45) is 17.5. The van der Waals surface area contributed by atoms with Crippen LogP contribution in [0.1, 0.15) is 115 Å². The largest absolute Gasteiger partial charge is 1.00 e. The van der Waals surface area contributed by atoms with Crippen LogP contribution in [-0.2, 0) is 23.0 Å². The van der Waals surface area contributed by atoms with Gasteiger partial charge >= 0.3 is 29.6 Å². The van der Waals surface area contributed by atoms with Crippen molar-refractivity contribution in [1.29, 1.82) is 0 Å². The molecule has 0 bridgehead atoms. The van der Waals surface area contributed by atoms with Gasteiger partial charge in [-0.2, -0.15) is 0 Å². The molecular formula is C26H45NaO4S. The monoisotopic (exact) mass is 476 g/mol. The maximum absolute atomic E-state index is 11.4. The molecule has 0 radical (unpaired) electrons. The molecule has 0 heterocycles. The first-order valence-corrected chi connectivity index (χ1v) is 14.1. The van der Waals surface area contributed by atoms with Crippen molar-refractivity contribution in [2.24, 2.45) is 0 Å². The van der Waals surface area contributed by atoms with E-state index in [-0.39, 0.29) is 42.6 Å². The minimum absolute atomic E-state index is 0. The smallest absolute Gasteiger partial charge is 0.748 e. The number of hydrogen-bond acceptors (Lipinski definition) is 4. The normalized spacial score (nSPS) is 12.4. The molecule has 0 aromatic heterocycles. The SMILES string of the molecule is CCCCCCCCc1cc(CCCCCCCC)cc(OCC(CC)S(=O)(=O)[O-])c1.[Na+]. The van der Waals surface area contributed by atoms with Crippen molar-refractivity contribution in [3.05, 3.63) is 29.3 Å². The summed E-state index contributed by atoms with van der Waals surface area (Å²) in [5.74, 6) is 0.701. The Kier molecular flexibility index (Phi) is 19.2. The van der Waals surface area contributed by atoms with E-state index in [0.717, 1.165) is 25.7 Å². The first-order valence-electron chi connectivity index (χ1n) is 12.6. The van der Waals surface area contributed by atoms with Gasteiger partial charge in [-0.1, -0.05) is 91.0 Å². The molecule has 0 fully saturated rings. The number of benzene rings is 1. The van der Waals surface area contributed by atoms with Crippen LogP contribution in [0.15, 0.2) is 18.2 Å². The predicted molar refractivity (Wildman–Crippen MR) is 130 cm³/mol. The van der Waals surface area contributed by atoms with Crippen LogP contribution in [0, 0.1) is 0 Å². The first-order chi connectivity index (χ1) is 14.9. The molecule has 1 aromatic carbocycles. The van der Waals surface area contributed by atoms with Crippen molar-refractivity contribution in [1.82, 2.24) is 0 Å². The molecule has 1 rings (SSSR count). The Hall–Kier alpha value is -0.0700. The molecule has 1 unspecified atom stereocenters. The molecule has 0 amide bonds. The molecule has 6 heteroatoms. The van der Waals surface area contributed by atoms with Crippen LogP contribution in [0.2, 0.25) is 0 Å². The van der Waals surface area contributed by atoms with Gasteiger partial charge in [0, 0.05) is 0 Å². The Morgan fingerprint density at radius 1 is 0.750 bits per heavy atom. The van der Waals surface area contributed by atoms with Crippen LogP contribution in [-0.4, -0.2) is 24.8 Å². The van der Waals surface area contributed by atoms with Crippen molar-refractivity contribution < 1.29 is 47.3 Å². The van der Waals surface area contributed by atoms with Gasteiger partial charge in [0.25, 0.3) is 0 Å². The summed E-state index contributed by atoms with van der Waals surface area (Å²) in [6, 6.07) is 6.34. The van der Waals surface area contributed by atoms with Gasteiger partial charge in [-0.25, -0.2) is 8.42 Å². The number of aryl methyl sites for hydroxylation is 2. The molecular weight excluding hydrogens is 431 g/mol. The topological polar surface area (TPSA) is 66.4 Å². The molecule has 0 aliphatic carbocycles. The third-order valence-electron chi connectivity index (χ3n) is 5.96. The van der Waals surface area contributed by atoms with Crippen molar-refractivity contribution in [2.45, 2.75) is 122 Å². The maximum atomic E-state index is 11.4. The molecule has 0 saturated heterocycles. The van der Waals surface area contributed by atoms with E-state index in [0.29, 0.717) is 5.75 Å². The molecule has 0 spiro atoms. The molecule has 0 N–H and O–H groups in total. The number of unbranched alkanes of at least 4 members (excludes halogenated alkanes) is 10. The van der Waals surface area contributed by atoms with Crippen LogP contribution in [0.3, 0.4) is 0 Å². The van der Waals surface area contributed by atoms with E-state index in [9.17, 15) is 13.0 Å². The summed E-state index contributed by atoms with van der Waals surface area (Å²) >= 11 is 0. The van der Waals surface area contributed by atoms with Gasteiger partial charge in [0.2, 0.25) is 0 Å². The summed E-state index contributed by atoms with van der Waals surface area (Å²) in [7, 11) is -4.33. The van der Waals surface area contributed by atoms with Gasteiger partial charge in [-0.15, -0.1) is 0 Å². The first kappa shape index (κ1) is 31.9. The Morgan fingerprint density at radius 3 is 1.59 bits per heavy atom. The molecule has 180 valence electrons. The second-order valence-corrected chi connectivity index (χ2v) is 10.5. The van der Waals surface area contributed by atoms with E-state index in [2.05, 4.69) is 19.9 Å². The van der Waals surface area contributed by atoms with Crippen LogP contribution in [0.4, 0.5) is 0 Å². The van der Waals surface area contributed by atoms with E-state index in [1.807, 2.05) is 12.1 Å². The van der Waals surface area contributed by atoms with E-state index in [4.69, 9.17) is 4.74 Å². The fourth-order valence-electron chi connectivity index (χ4n) is 3.91. The molecule has 0 saturated carbocycles. The Bertz CT molecular complexity index is 657. The molecule has 0 aliphatic heterocycles. The second kappa shape index (κ2) is 19.3. The van der Waals surface area contributed by atoms with Crippen molar-refractivity contribution >= 4 is 10.1 Å². The fourth-order valence-corrected chi connectivity index (χ4v) is 4.56. The second-order valence-electron chi connectivity index (χ2n) is 8.85. The van der Waals surface area contributed by atoms with Crippen molar-refractivity contribution in [3.63, 3.8) is 0 Å². The van der Waals surface area contributed by atoms with E-state index in [1.165, 1.54) is 75.3 Å². The number of ether oxygens (including phenoxy) is 1. The quantitative estimate of drug-likeness (QED) is 0.171. The van der Waals surface area contributed by atoms with Gasteiger partial charge in [0.1, 0.15) is 22.5 Å². The fraction of sp³-hybridized carbons (Fsp3) is 0.769. The molecule has 32 heavy (non-hydrogen) atoms. The van der Waals surface area contributed by atoms with Crippen LogP contribution in [0.25, 0.3) is 0 Å². The van der Waals surface area contributed by atoms with Gasteiger partial charge in [0.15, 0.2) is 0 Å². The van der Waals surface area contributed by atoms with Crippen molar-refractivity contribution in [3.8, 4) is 5.75 Å². The molecule has 1 atom stereocenters. The Morgan fingerprint density at radius 2 is 1.19 bits per heavy atom. The zero-order valence-electron chi connectivity index (χ0n) is 21.2. The van der Waals surface area contributed by atoms with Crippen molar-refractivity contribution in [2.75, 3.05) is 6.61 Å². The summed E-state index contributed by atoms with van der Waals surface area (Å²) in [6.45, 7) is 6.11. The van der Waals surface area contributed by atoms with Gasteiger partial charge in [-0.05, 0) is 55.4 Å². The zero-order valence-corrected chi connectivity index (χ0v) is 24.0. The van der Waals surface area contributed by atoms with Gasteiger partial charge in [0.05, 0.1) is 5.25 Å². The predicted octanol–water partition coefficient (Wildman–Crippen LogP) is 4.20. The molecule has 4 nitrogen and oxygen atoms in total. The Balaban J connectivity index is 0.00000961. The number of rotatable bonds is 19. The third kappa shape index (κ3) is 15.0. The summed E-state index contributed by atoms with van der Waals surface area (Å²) < 4.78 is 39.9. The van der Waals surface area contributed by atoms with E-state index >= 15 is 0 Å². The average molecular weight is 477 g/mol. The standard InChI is InChI=1S/C26H46O4S.Na/c1-4-7-9-11-13-15-17-23-19-24(18-16-14-12-10-8-5-2)21-25(20-23)30-22-26(6-3)31(27,28)29;/h19-21,26H,4-18,22H2,1-3H3,(H,27,28,29);/q;+1/p-1. The summed E-state index contributed by atoms with van der Waals surface area (Å²) in [5, 5.41) is -0.989. The van der Waals surface area contributed by atoms with Crippen LogP contribution >= 0.6 is 0 Å². The van der Waals surface area contributed by atoms with Crippen LogP contribution < -0.4 is 34.3 Å². The summed E-state index contributed by atoms with van der Waals surface area (Å²) in [4.78, 5) is 0. The Labute approximate surface area is 220 Å². The third-order valence-corrected chi connectivity index (χ3v) is 7.25. The zero-order chi connectivity index (χ0) is 23.0. The number of hydrogen-bond donors (Lipinski definition) is 0. The average Bonchev–Trinajstić information content (AvgIpc) is 2.72. The van der Waals surface area contributed by atoms with E-state index in [1.54, 1.807) is 6.92 Å². The minimum Gasteiger partial charge on any atom is -0.748 e. The van der Waals surface area contributed by atoms with Crippen LogP contribution in [0.5, 0.6) is 5.75 Å². The molecule has 0 aliphatic rings. The summed E-state index contributed by atoms with van der Waals surface area (Å²) in [5.41, 5.74) is 2.51. The molecule has 1 aromatic rings. The maximum Gasteiger partial charge on any atom is 1.00 e. The van der Waals surface area contributed by atoms with Gasteiger partial charge in [-0.3, -0.25) is 0 Å². The minimum atomic E-state index is -4.33. The van der Waals surface area contributed by atoms with Gasteiger partial charge < -0.3 is 9.29 Å². The van der Waals surface area contributed by atoms with E-state index < -0.39 is 15.4 Å².